The predicted octanol–water partition coefficient (Wildman–Crippen LogP) is 1.52. The largest absolute Gasteiger partial charge is 0.481 e. The van der Waals surface area contributed by atoms with Gasteiger partial charge in [0.2, 0.25) is 0 Å². The first kappa shape index (κ1) is 17.6. The third-order valence-electron chi connectivity index (χ3n) is 3.18. The smallest absolute Gasteiger partial charge is 0.348 e. The van der Waals surface area contributed by atoms with Crippen molar-refractivity contribution in [2.24, 2.45) is 0 Å². The van der Waals surface area contributed by atoms with Gasteiger partial charge in [0.25, 0.3) is 0 Å². The number of fused-ring (bicyclic) bond motifs is 1. The molecule has 1 atom stereocenters. The summed E-state index contributed by atoms with van der Waals surface area (Å²) in [4.78, 5) is 42.9. The van der Waals surface area contributed by atoms with Crippen molar-refractivity contribution in [1.29, 1.82) is 0 Å². The van der Waals surface area contributed by atoms with Gasteiger partial charge in [0.15, 0.2) is 0 Å². The van der Waals surface area contributed by atoms with Crippen LogP contribution in [0, 0.1) is 6.92 Å². The number of carboxylic acid groups (broad SMARTS) is 2. The summed E-state index contributed by atoms with van der Waals surface area (Å²) >= 11 is 1.11. The summed E-state index contributed by atoms with van der Waals surface area (Å²) in [5, 5.41) is 21.0. The fourth-order valence-corrected chi connectivity index (χ4v) is 3.15. The van der Waals surface area contributed by atoms with Gasteiger partial charge in [0.05, 0.1) is 18.4 Å². The second-order valence-electron chi connectivity index (χ2n) is 4.81. The lowest BCUT2D eigenvalue weighted by molar-refractivity contribution is -0.144. The van der Waals surface area contributed by atoms with E-state index in [-0.39, 0.29) is 12.4 Å². The van der Waals surface area contributed by atoms with Crippen LogP contribution in [0.1, 0.15) is 28.6 Å². The minimum Gasteiger partial charge on any atom is -0.481 e. The molecule has 0 aromatic carbocycles. The minimum atomic E-state index is -1.36. The maximum atomic E-state index is 12.0. The van der Waals surface area contributed by atoms with Crippen molar-refractivity contribution in [3.63, 3.8) is 0 Å². The Morgan fingerprint density at radius 2 is 2.04 bits per heavy atom. The molecule has 0 aliphatic rings. The van der Waals surface area contributed by atoms with Crippen molar-refractivity contribution in [3.8, 4) is 0 Å². The van der Waals surface area contributed by atoms with Crippen LogP contribution in [0.5, 0.6) is 0 Å². The van der Waals surface area contributed by atoms with Crippen molar-refractivity contribution < 1.29 is 29.3 Å². The number of ether oxygens (including phenoxy) is 1. The van der Waals surface area contributed by atoms with Gasteiger partial charge in [-0.1, -0.05) is 0 Å². The molecule has 128 valence electrons. The standard InChI is InChI=1S/C14H15N3O6S/c1-3-23-14(22)10-6(2)9-11(15-5-16-12(9)24-10)17-7(13(20)21)4-8(18)19/h5,7H,3-4H2,1-2H3,(H,18,19)(H,20,21)(H,15,16,17). The zero-order chi connectivity index (χ0) is 17.9. The van der Waals surface area contributed by atoms with E-state index in [1.54, 1.807) is 13.8 Å². The van der Waals surface area contributed by atoms with Gasteiger partial charge in [-0.2, -0.15) is 0 Å². The van der Waals surface area contributed by atoms with E-state index in [0.717, 1.165) is 11.3 Å². The quantitative estimate of drug-likeness (QED) is 0.632. The van der Waals surface area contributed by atoms with E-state index in [1.165, 1.54) is 6.33 Å². The van der Waals surface area contributed by atoms with E-state index < -0.39 is 30.4 Å². The number of hydrogen-bond donors (Lipinski definition) is 3. The lowest BCUT2D eigenvalue weighted by Crippen LogP contribution is -2.32. The van der Waals surface area contributed by atoms with Crippen molar-refractivity contribution in [1.82, 2.24) is 9.97 Å². The van der Waals surface area contributed by atoms with Gasteiger partial charge in [0, 0.05) is 0 Å². The van der Waals surface area contributed by atoms with Crippen LogP contribution in [-0.2, 0) is 14.3 Å². The van der Waals surface area contributed by atoms with E-state index in [2.05, 4.69) is 15.3 Å². The Balaban J connectivity index is 2.45. The molecule has 3 N–H and O–H groups in total. The third kappa shape index (κ3) is 3.59. The van der Waals surface area contributed by atoms with Gasteiger partial charge in [-0.3, -0.25) is 4.79 Å². The summed E-state index contributed by atoms with van der Waals surface area (Å²) in [7, 11) is 0. The second-order valence-corrected chi connectivity index (χ2v) is 5.81. The molecule has 0 aliphatic heterocycles. The molecule has 1 unspecified atom stereocenters. The summed E-state index contributed by atoms with van der Waals surface area (Å²) < 4.78 is 4.98. The molecular weight excluding hydrogens is 338 g/mol. The van der Waals surface area contributed by atoms with E-state index in [4.69, 9.17) is 14.9 Å². The monoisotopic (exact) mass is 353 g/mol. The summed E-state index contributed by atoms with van der Waals surface area (Å²) in [6.45, 7) is 3.59. The van der Waals surface area contributed by atoms with Crippen molar-refractivity contribution in [2.75, 3.05) is 11.9 Å². The highest BCUT2D eigenvalue weighted by Gasteiger charge is 2.25. The van der Waals surface area contributed by atoms with Gasteiger partial charge in [-0.25, -0.2) is 19.6 Å². The molecule has 0 amide bonds. The molecule has 2 aromatic heterocycles. The molecule has 9 nitrogen and oxygen atoms in total. The number of carbonyl (C=O) groups is 3. The highest BCUT2D eigenvalue weighted by Crippen LogP contribution is 2.34. The van der Waals surface area contributed by atoms with Gasteiger partial charge in [-0.05, 0) is 19.4 Å². The van der Waals surface area contributed by atoms with Crippen molar-refractivity contribution in [3.05, 3.63) is 16.8 Å². The van der Waals surface area contributed by atoms with E-state index >= 15 is 0 Å². The number of anilines is 1. The Bertz CT molecular complexity index is 803. The Kier molecular flexibility index (Phi) is 5.29. The highest BCUT2D eigenvalue weighted by atomic mass is 32.1. The molecule has 2 aromatic rings. The number of thiophene rings is 1. The molecule has 0 saturated carbocycles. The van der Waals surface area contributed by atoms with Crippen LogP contribution in [0.3, 0.4) is 0 Å². The molecule has 0 bridgehead atoms. The average Bonchev–Trinajstić information content (AvgIpc) is 2.84. The van der Waals surface area contributed by atoms with E-state index in [9.17, 15) is 14.4 Å². The highest BCUT2D eigenvalue weighted by molar-refractivity contribution is 7.20. The average molecular weight is 353 g/mol. The van der Waals surface area contributed by atoms with Gasteiger partial charge in [-0.15, -0.1) is 11.3 Å². The van der Waals surface area contributed by atoms with Crippen LogP contribution in [0.25, 0.3) is 10.2 Å². The number of aromatic nitrogens is 2. The summed E-state index contributed by atoms with van der Waals surface area (Å²) in [5.74, 6) is -2.90. The molecule has 0 saturated heterocycles. The topological polar surface area (TPSA) is 139 Å². The van der Waals surface area contributed by atoms with E-state index in [1.807, 2.05) is 0 Å². The molecule has 0 radical (unpaired) electrons. The summed E-state index contributed by atoms with van der Waals surface area (Å²) in [6, 6.07) is -1.36. The van der Waals surface area contributed by atoms with E-state index in [0.29, 0.717) is 20.7 Å². The van der Waals surface area contributed by atoms with Crippen LogP contribution in [0.4, 0.5) is 5.82 Å². The van der Waals surface area contributed by atoms with Crippen LogP contribution in [-0.4, -0.2) is 50.7 Å². The summed E-state index contributed by atoms with van der Waals surface area (Å²) in [6.07, 6.45) is 0.601. The van der Waals surface area contributed by atoms with Crippen molar-refractivity contribution in [2.45, 2.75) is 26.3 Å². The minimum absolute atomic E-state index is 0.165. The van der Waals surface area contributed by atoms with Crippen LogP contribution >= 0.6 is 11.3 Å². The molecule has 2 heterocycles. The number of aryl methyl sites for hydroxylation is 1. The van der Waals surface area contributed by atoms with Crippen LogP contribution in [0.2, 0.25) is 0 Å². The molecule has 2 rings (SSSR count). The number of nitrogens with one attached hydrogen (secondary N) is 1. The van der Waals surface area contributed by atoms with Gasteiger partial charge in [0.1, 0.15) is 27.9 Å². The summed E-state index contributed by atoms with van der Waals surface area (Å²) in [5.41, 5.74) is 0.552. The lowest BCUT2D eigenvalue weighted by Gasteiger charge is -2.13. The fraction of sp³-hybridized carbons (Fsp3) is 0.357. The lowest BCUT2D eigenvalue weighted by atomic mass is 10.1. The second kappa shape index (κ2) is 7.21. The number of hydrogen-bond acceptors (Lipinski definition) is 8. The zero-order valence-electron chi connectivity index (χ0n) is 12.9. The zero-order valence-corrected chi connectivity index (χ0v) is 13.7. The molecule has 0 aliphatic carbocycles. The number of nitrogens with zero attached hydrogens (tertiary/aromatic N) is 2. The number of esters is 1. The Morgan fingerprint density at radius 1 is 1.33 bits per heavy atom. The molecule has 24 heavy (non-hydrogen) atoms. The molecule has 0 fully saturated rings. The normalized spacial score (nSPS) is 11.9. The first-order valence-electron chi connectivity index (χ1n) is 6.97. The Hall–Kier alpha value is -2.75. The van der Waals surface area contributed by atoms with Crippen LogP contribution in [0.15, 0.2) is 6.33 Å². The third-order valence-corrected chi connectivity index (χ3v) is 4.36. The SMILES string of the molecule is CCOC(=O)c1sc2ncnc(NC(CC(=O)O)C(=O)O)c2c1C. The number of aliphatic carboxylic acids is 2. The predicted molar refractivity (Wildman–Crippen MR) is 85.4 cm³/mol. The van der Waals surface area contributed by atoms with Crippen molar-refractivity contribution >= 4 is 45.3 Å². The molecule has 10 heteroatoms. The Labute approximate surface area is 140 Å². The fourth-order valence-electron chi connectivity index (χ4n) is 2.11. The maximum Gasteiger partial charge on any atom is 0.348 e. The Morgan fingerprint density at radius 3 is 2.62 bits per heavy atom. The van der Waals surface area contributed by atoms with Crippen LogP contribution < -0.4 is 5.32 Å². The first-order valence-corrected chi connectivity index (χ1v) is 7.79. The van der Waals surface area contributed by atoms with Gasteiger partial charge >= 0.3 is 17.9 Å². The maximum absolute atomic E-state index is 12.0. The van der Waals surface area contributed by atoms with Gasteiger partial charge < -0.3 is 20.3 Å². The molecular formula is C14H15N3O6S. The molecule has 0 spiro atoms. The number of rotatable bonds is 7. The number of carbonyl (C=O) groups excluding carboxylic acids is 1. The number of carboxylic acids is 2. The first-order chi connectivity index (χ1) is 11.3.